The van der Waals surface area contributed by atoms with Crippen molar-refractivity contribution in [1.29, 1.82) is 0 Å². The fourth-order valence-corrected chi connectivity index (χ4v) is 2.82. The minimum atomic E-state index is -0.338. The van der Waals surface area contributed by atoms with Crippen molar-refractivity contribution in [2.45, 2.75) is 45.6 Å². The lowest BCUT2D eigenvalue weighted by Crippen LogP contribution is -2.30. The van der Waals surface area contributed by atoms with Crippen molar-refractivity contribution in [3.63, 3.8) is 0 Å². The molecule has 0 unspecified atom stereocenters. The first kappa shape index (κ1) is 15.2. The summed E-state index contributed by atoms with van der Waals surface area (Å²) in [5, 5.41) is 4.11. The molecule has 0 atom stereocenters. The Balaban J connectivity index is 2.07. The second-order valence-corrected chi connectivity index (χ2v) is 6.68. The quantitative estimate of drug-likeness (QED) is 0.834. The van der Waals surface area contributed by atoms with Crippen LogP contribution in [0, 0.1) is 5.41 Å². The van der Waals surface area contributed by atoms with Crippen LogP contribution in [0.4, 0.5) is 5.69 Å². The SMILES string of the molecule is COC(=O)c1ccc(Cl)c(NC2CCC(C)(C)CC2)c1. The lowest BCUT2D eigenvalue weighted by atomic mass is 9.75. The van der Waals surface area contributed by atoms with Crippen molar-refractivity contribution in [3.05, 3.63) is 28.8 Å². The fourth-order valence-electron chi connectivity index (χ4n) is 2.64. The summed E-state index contributed by atoms with van der Waals surface area (Å²) in [6, 6.07) is 5.62. The number of halogens is 1. The van der Waals surface area contributed by atoms with E-state index in [9.17, 15) is 4.79 Å². The van der Waals surface area contributed by atoms with E-state index >= 15 is 0 Å². The van der Waals surface area contributed by atoms with Gasteiger partial charge in [-0.2, -0.15) is 0 Å². The van der Waals surface area contributed by atoms with Crippen LogP contribution in [0.5, 0.6) is 0 Å². The van der Waals surface area contributed by atoms with Crippen LogP contribution in [0.2, 0.25) is 5.02 Å². The number of methoxy groups -OCH3 is 1. The molecule has 0 bridgehead atoms. The molecule has 0 aromatic heterocycles. The Morgan fingerprint density at radius 3 is 2.60 bits per heavy atom. The third-order valence-electron chi connectivity index (χ3n) is 4.09. The van der Waals surface area contributed by atoms with Gasteiger partial charge < -0.3 is 10.1 Å². The van der Waals surface area contributed by atoms with E-state index in [1.54, 1.807) is 18.2 Å². The van der Waals surface area contributed by atoms with E-state index in [1.165, 1.54) is 20.0 Å². The number of esters is 1. The normalized spacial score (nSPS) is 18.6. The van der Waals surface area contributed by atoms with E-state index < -0.39 is 0 Å². The van der Waals surface area contributed by atoms with Crippen molar-refractivity contribution >= 4 is 23.3 Å². The molecule has 1 fully saturated rings. The first-order valence-corrected chi connectivity index (χ1v) is 7.43. The Hall–Kier alpha value is -1.22. The third-order valence-corrected chi connectivity index (χ3v) is 4.42. The van der Waals surface area contributed by atoms with E-state index in [4.69, 9.17) is 16.3 Å². The van der Waals surface area contributed by atoms with Gasteiger partial charge in [0, 0.05) is 6.04 Å². The van der Waals surface area contributed by atoms with Crippen molar-refractivity contribution in [1.82, 2.24) is 0 Å². The summed E-state index contributed by atoms with van der Waals surface area (Å²) >= 11 is 6.20. The molecule has 0 aliphatic heterocycles. The molecule has 3 nitrogen and oxygen atoms in total. The van der Waals surface area contributed by atoms with Crippen LogP contribution in [-0.4, -0.2) is 19.1 Å². The van der Waals surface area contributed by atoms with Gasteiger partial charge in [-0.05, 0) is 49.3 Å². The fraction of sp³-hybridized carbons (Fsp3) is 0.562. The van der Waals surface area contributed by atoms with Gasteiger partial charge in [-0.15, -0.1) is 0 Å². The van der Waals surface area contributed by atoms with Crippen molar-refractivity contribution in [2.24, 2.45) is 5.41 Å². The van der Waals surface area contributed by atoms with Crippen molar-refractivity contribution in [3.8, 4) is 0 Å². The molecule has 110 valence electrons. The van der Waals surface area contributed by atoms with Crippen LogP contribution in [0.3, 0.4) is 0 Å². The zero-order valence-electron chi connectivity index (χ0n) is 12.3. The Morgan fingerprint density at radius 2 is 2.00 bits per heavy atom. The average Bonchev–Trinajstić information content (AvgIpc) is 2.42. The van der Waals surface area contributed by atoms with Gasteiger partial charge in [-0.3, -0.25) is 0 Å². The molecule has 0 radical (unpaired) electrons. The maximum atomic E-state index is 11.6. The van der Waals surface area contributed by atoms with Gasteiger partial charge in [0.1, 0.15) is 0 Å². The molecule has 0 heterocycles. The first-order valence-electron chi connectivity index (χ1n) is 7.06. The second-order valence-electron chi connectivity index (χ2n) is 6.27. The molecule has 1 saturated carbocycles. The molecule has 1 aliphatic carbocycles. The molecule has 0 spiro atoms. The number of nitrogens with one attached hydrogen (secondary N) is 1. The highest BCUT2D eigenvalue weighted by Gasteiger charge is 2.27. The highest BCUT2D eigenvalue weighted by Crippen LogP contribution is 2.37. The number of benzene rings is 1. The number of carbonyl (C=O) groups is 1. The van der Waals surface area contributed by atoms with Crippen LogP contribution < -0.4 is 5.32 Å². The standard InChI is InChI=1S/C16H22ClNO2/c1-16(2)8-6-12(7-9-16)18-14-10-11(15(19)20-3)4-5-13(14)17/h4-5,10,12,18H,6-9H2,1-3H3. The second kappa shape index (κ2) is 6.04. The maximum Gasteiger partial charge on any atom is 0.337 e. The zero-order chi connectivity index (χ0) is 14.8. The molecule has 1 N–H and O–H groups in total. The molecule has 1 aromatic rings. The van der Waals surface area contributed by atoms with E-state index in [-0.39, 0.29) is 5.97 Å². The molecule has 0 saturated heterocycles. The number of rotatable bonds is 3. The monoisotopic (exact) mass is 295 g/mol. The van der Waals surface area contributed by atoms with E-state index in [0.717, 1.165) is 18.5 Å². The Labute approximate surface area is 125 Å². The number of hydrogen-bond donors (Lipinski definition) is 1. The van der Waals surface area contributed by atoms with Gasteiger partial charge in [0.15, 0.2) is 0 Å². The van der Waals surface area contributed by atoms with Crippen LogP contribution >= 0.6 is 11.6 Å². The van der Waals surface area contributed by atoms with E-state index in [2.05, 4.69) is 19.2 Å². The van der Waals surface area contributed by atoms with Crippen molar-refractivity contribution < 1.29 is 9.53 Å². The van der Waals surface area contributed by atoms with E-state index in [1.807, 2.05) is 0 Å². The van der Waals surface area contributed by atoms with Crippen LogP contribution in [0.1, 0.15) is 49.9 Å². The predicted molar refractivity (Wildman–Crippen MR) is 82.5 cm³/mol. The minimum Gasteiger partial charge on any atom is -0.465 e. The van der Waals surface area contributed by atoms with Gasteiger partial charge in [0.25, 0.3) is 0 Å². The van der Waals surface area contributed by atoms with Gasteiger partial charge in [0.2, 0.25) is 0 Å². The van der Waals surface area contributed by atoms with Crippen molar-refractivity contribution in [2.75, 3.05) is 12.4 Å². The average molecular weight is 296 g/mol. The van der Waals surface area contributed by atoms with Gasteiger partial charge >= 0.3 is 5.97 Å². The minimum absolute atomic E-state index is 0.338. The lowest BCUT2D eigenvalue weighted by molar-refractivity contribution is 0.0601. The van der Waals surface area contributed by atoms with Gasteiger partial charge in [-0.1, -0.05) is 25.4 Å². The number of ether oxygens (including phenoxy) is 1. The first-order chi connectivity index (χ1) is 9.41. The highest BCUT2D eigenvalue weighted by molar-refractivity contribution is 6.33. The molecule has 4 heteroatoms. The third kappa shape index (κ3) is 3.66. The maximum absolute atomic E-state index is 11.6. The Kier molecular flexibility index (Phi) is 4.59. The number of carbonyl (C=O) groups excluding carboxylic acids is 1. The summed E-state index contributed by atoms with van der Waals surface area (Å²) in [6.07, 6.45) is 4.68. The molecular formula is C16H22ClNO2. The van der Waals surface area contributed by atoms with Crippen LogP contribution in [-0.2, 0) is 4.74 Å². The summed E-state index contributed by atoms with van der Waals surface area (Å²) < 4.78 is 4.74. The summed E-state index contributed by atoms with van der Waals surface area (Å²) in [6.45, 7) is 4.63. The van der Waals surface area contributed by atoms with E-state index in [0.29, 0.717) is 22.0 Å². The lowest BCUT2D eigenvalue weighted by Gasteiger charge is -2.35. The molecular weight excluding hydrogens is 274 g/mol. The number of anilines is 1. The van der Waals surface area contributed by atoms with Gasteiger partial charge in [0.05, 0.1) is 23.4 Å². The summed E-state index contributed by atoms with van der Waals surface area (Å²) in [5.41, 5.74) is 1.78. The summed E-state index contributed by atoms with van der Waals surface area (Å²) in [4.78, 5) is 11.6. The largest absolute Gasteiger partial charge is 0.465 e. The topological polar surface area (TPSA) is 38.3 Å². The smallest absolute Gasteiger partial charge is 0.337 e. The summed E-state index contributed by atoms with van der Waals surface area (Å²) in [7, 11) is 1.38. The van der Waals surface area contributed by atoms with Crippen LogP contribution in [0.25, 0.3) is 0 Å². The molecule has 1 aromatic carbocycles. The Bertz CT molecular complexity index is 489. The predicted octanol–water partition coefficient (Wildman–Crippen LogP) is 4.51. The van der Waals surface area contributed by atoms with Gasteiger partial charge in [-0.25, -0.2) is 4.79 Å². The number of hydrogen-bond acceptors (Lipinski definition) is 3. The molecule has 2 rings (SSSR count). The molecule has 1 aliphatic rings. The molecule has 0 amide bonds. The molecule has 20 heavy (non-hydrogen) atoms. The highest BCUT2D eigenvalue weighted by atomic mass is 35.5. The zero-order valence-corrected chi connectivity index (χ0v) is 13.1. The van der Waals surface area contributed by atoms with Crippen LogP contribution in [0.15, 0.2) is 18.2 Å². The summed E-state index contributed by atoms with van der Waals surface area (Å²) in [5.74, 6) is -0.338. The Morgan fingerprint density at radius 1 is 1.35 bits per heavy atom.